The van der Waals surface area contributed by atoms with Gasteiger partial charge in [-0.25, -0.2) is 17.5 Å². The molecule has 0 bridgehead atoms. The molecular weight excluding hydrogens is 260 g/mol. The smallest absolute Gasteiger partial charge is 0.335 e. The van der Waals surface area contributed by atoms with E-state index in [9.17, 15) is 18.0 Å². The van der Waals surface area contributed by atoms with Gasteiger partial charge in [-0.15, -0.1) is 0 Å². The van der Waals surface area contributed by atoms with Crippen molar-refractivity contribution >= 4 is 27.7 Å². The van der Waals surface area contributed by atoms with Crippen LogP contribution in [-0.4, -0.2) is 36.4 Å². The molecular formula is C10H10N2O5S. The van der Waals surface area contributed by atoms with Gasteiger partial charge in [-0.2, -0.15) is 0 Å². The van der Waals surface area contributed by atoms with Gasteiger partial charge in [0.1, 0.15) is 4.90 Å². The van der Waals surface area contributed by atoms with Crippen LogP contribution >= 0.6 is 0 Å². The highest BCUT2D eigenvalue weighted by Crippen LogP contribution is 2.29. The zero-order valence-electron chi connectivity index (χ0n) is 9.16. The predicted octanol–water partition coefficient (Wildman–Crippen LogP) is 0.697. The molecule has 0 radical (unpaired) electrons. The molecule has 1 aromatic rings. The lowest BCUT2D eigenvalue weighted by Gasteiger charge is -2.28. The maximum Gasteiger partial charge on any atom is 0.335 e. The standard InChI is InChI=1S/C10H10N2O5S/c13-9(14)5-6-12-10(15)11-7-3-1-2-4-8(7)18(12,16)17/h1-4H,5-6H2,(H,11,15)(H,13,14). The second-order valence-corrected chi connectivity index (χ2v) is 5.48. The zero-order chi connectivity index (χ0) is 13.3. The number of sulfonamides is 1. The van der Waals surface area contributed by atoms with E-state index in [2.05, 4.69) is 5.32 Å². The molecule has 96 valence electrons. The molecule has 7 nitrogen and oxygen atoms in total. The van der Waals surface area contributed by atoms with E-state index in [0.717, 1.165) is 0 Å². The summed E-state index contributed by atoms with van der Waals surface area (Å²) in [6, 6.07) is 5.12. The van der Waals surface area contributed by atoms with E-state index in [0.29, 0.717) is 4.31 Å². The summed E-state index contributed by atoms with van der Waals surface area (Å²) in [5.74, 6) is -1.17. The third-order valence-electron chi connectivity index (χ3n) is 2.45. The highest BCUT2D eigenvalue weighted by Gasteiger charge is 2.36. The van der Waals surface area contributed by atoms with Gasteiger partial charge in [0.2, 0.25) is 0 Å². The highest BCUT2D eigenvalue weighted by molar-refractivity contribution is 7.90. The molecule has 0 saturated heterocycles. The van der Waals surface area contributed by atoms with Crippen molar-refractivity contribution in [3.8, 4) is 0 Å². The van der Waals surface area contributed by atoms with Crippen molar-refractivity contribution in [2.75, 3.05) is 11.9 Å². The summed E-state index contributed by atoms with van der Waals surface area (Å²) in [4.78, 5) is 22.0. The Morgan fingerprint density at radius 3 is 2.67 bits per heavy atom. The van der Waals surface area contributed by atoms with E-state index in [-0.39, 0.29) is 10.6 Å². The van der Waals surface area contributed by atoms with Gasteiger partial charge in [0.25, 0.3) is 10.0 Å². The summed E-state index contributed by atoms with van der Waals surface area (Å²) >= 11 is 0. The van der Waals surface area contributed by atoms with Gasteiger partial charge < -0.3 is 10.4 Å². The minimum absolute atomic E-state index is 0.0324. The van der Waals surface area contributed by atoms with Gasteiger partial charge in [0.15, 0.2) is 0 Å². The van der Waals surface area contributed by atoms with Crippen LogP contribution in [0, 0.1) is 0 Å². The molecule has 1 aromatic carbocycles. The number of benzene rings is 1. The number of carboxylic acid groups (broad SMARTS) is 1. The summed E-state index contributed by atoms with van der Waals surface area (Å²) in [6.45, 7) is -0.391. The number of para-hydroxylation sites is 1. The summed E-state index contributed by atoms with van der Waals surface area (Å²) in [7, 11) is -3.97. The largest absolute Gasteiger partial charge is 0.481 e. The number of nitrogens with one attached hydrogen (secondary N) is 1. The number of carbonyl (C=O) groups excluding carboxylic acids is 1. The number of carbonyl (C=O) groups is 2. The molecule has 2 rings (SSSR count). The highest BCUT2D eigenvalue weighted by atomic mass is 32.2. The van der Waals surface area contributed by atoms with Crippen molar-refractivity contribution in [1.82, 2.24) is 4.31 Å². The monoisotopic (exact) mass is 270 g/mol. The predicted molar refractivity (Wildman–Crippen MR) is 61.6 cm³/mol. The lowest BCUT2D eigenvalue weighted by atomic mass is 10.3. The SMILES string of the molecule is O=C(O)CCN1C(=O)Nc2ccccc2S1(=O)=O. The number of aliphatic carboxylic acids is 1. The molecule has 1 heterocycles. The number of rotatable bonds is 3. The first kappa shape index (κ1) is 12.4. The van der Waals surface area contributed by atoms with Crippen LogP contribution in [0.3, 0.4) is 0 Å². The Balaban J connectivity index is 2.40. The molecule has 18 heavy (non-hydrogen) atoms. The van der Waals surface area contributed by atoms with Gasteiger partial charge >= 0.3 is 12.0 Å². The third-order valence-corrected chi connectivity index (χ3v) is 4.29. The first-order valence-corrected chi connectivity index (χ1v) is 6.51. The zero-order valence-corrected chi connectivity index (χ0v) is 9.98. The number of hydrogen-bond donors (Lipinski definition) is 2. The van der Waals surface area contributed by atoms with Crippen LogP contribution in [0.4, 0.5) is 10.5 Å². The minimum Gasteiger partial charge on any atom is -0.481 e. The molecule has 0 spiro atoms. The Hall–Kier alpha value is -2.09. The van der Waals surface area contributed by atoms with Crippen molar-refractivity contribution in [3.63, 3.8) is 0 Å². The van der Waals surface area contributed by atoms with Gasteiger partial charge in [-0.1, -0.05) is 12.1 Å². The van der Waals surface area contributed by atoms with E-state index < -0.39 is 35.0 Å². The van der Waals surface area contributed by atoms with E-state index in [1.807, 2.05) is 0 Å². The summed E-state index contributed by atoms with van der Waals surface area (Å²) in [5, 5.41) is 10.9. The number of fused-ring (bicyclic) bond motifs is 1. The Labute approximate surface area is 103 Å². The van der Waals surface area contributed by atoms with Crippen molar-refractivity contribution in [1.29, 1.82) is 0 Å². The summed E-state index contributed by atoms with van der Waals surface area (Å²) in [6.07, 6.45) is -0.436. The molecule has 0 unspecified atom stereocenters. The molecule has 2 N–H and O–H groups in total. The Kier molecular flexibility index (Phi) is 2.95. The summed E-state index contributed by atoms with van der Waals surface area (Å²) < 4.78 is 24.7. The topological polar surface area (TPSA) is 104 Å². The number of carboxylic acids is 1. The fourth-order valence-corrected chi connectivity index (χ4v) is 3.10. The van der Waals surface area contributed by atoms with E-state index in [1.54, 1.807) is 6.07 Å². The lowest BCUT2D eigenvalue weighted by Crippen LogP contribution is -2.44. The fourth-order valence-electron chi connectivity index (χ4n) is 1.62. The second-order valence-electron chi connectivity index (χ2n) is 3.65. The van der Waals surface area contributed by atoms with Crippen LogP contribution in [0.25, 0.3) is 0 Å². The van der Waals surface area contributed by atoms with Gasteiger partial charge in [-0.3, -0.25) is 4.79 Å². The number of anilines is 1. The number of urea groups is 1. The molecule has 1 aliphatic heterocycles. The Morgan fingerprint density at radius 1 is 1.33 bits per heavy atom. The Morgan fingerprint density at radius 2 is 2.00 bits per heavy atom. The molecule has 0 atom stereocenters. The molecule has 1 aliphatic rings. The van der Waals surface area contributed by atoms with E-state index >= 15 is 0 Å². The molecule has 0 fully saturated rings. The maximum absolute atomic E-state index is 12.1. The van der Waals surface area contributed by atoms with E-state index in [4.69, 9.17) is 5.11 Å². The quantitative estimate of drug-likeness (QED) is 0.841. The number of amides is 2. The molecule has 2 amide bonds. The van der Waals surface area contributed by atoms with Gasteiger partial charge in [0, 0.05) is 6.54 Å². The van der Waals surface area contributed by atoms with Crippen LogP contribution in [0.1, 0.15) is 6.42 Å². The summed E-state index contributed by atoms with van der Waals surface area (Å²) in [5.41, 5.74) is 0.203. The number of nitrogens with zero attached hydrogens (tertiary/aromatic N) is 1. The third kappa shape index (κ3) is 2.02. The van der Waals surface area contributed by atoms with Gasteiger partial charge in [0.05, 0.1) is 12.1 Å². The van der Waals surface area contributed by atoms with Crippen LogP contribution in [0.2, 0.25) is 0 Å². The Bertz CT molecular complexity index is 610. The van der Waals surface area contributed by atoms with Crippen molar-refractivity contribution in [3.05, 3.63) is 24.3 Å². The normalized spacial score (nSPS) is 16.9. The fraction of sp³-hybridized carbons (Fsp3) is 0.200. The lowest BCUT2D eigenvalue weighted by molar-refractivity contribution is -0.137. The van der Waals surface area contributed by atoms with E-state index in [1.165, 1.54) is 18.2 Å². The van der Waals surface area contributed by atoms with Crippen molar-refractivity contribution in [2.24, 2.45) is 0 Å². The molecule has 8 heteroatoms. The average Bonchev–Trinajstić information content (AvgIpc) is 2.27. The molecule has 0 aromatic heterocycles. The van der Waals surface area contributed by atoms with Crippen molar-refractivity contribution < 1.29 is 23.1 Å². The van der Waals surface area contributed by atoms with Crippen LogP contribution in [0.5, 0.6) is 0 Å². The molecule has 0 saturated carbocycles. The first-order valence-electron chi connectivity index (χ1n) is 5.07. The first-order chi connectivity index (χ1) is 8.43. The number of hydrogen-bond acceptors (Lipinski definition) is 4. The van der Waals surface area contributed by atoms with Crippen molar-refractivity contribution in [2.45, 2.75) is 11.3 Å². The maximum atomic E-state index is 12.1. The molecule has 0 aliphatic carbocycles. The van der Waals surface area contributed by atoms with Crippen LogP contribution < -0.4 is 5.32 Å². The van der Waals surface area contributed by atoms with Crippen LogP contribution in [0.15, 0.2) is 29.2 Å². The van der Waals surface area contributed by atoms with Crippen LogP contribution in [-0.2, 0) is 14.8 Å². The minimum atomic E-state index is -3.97. The average molecular weight is 270 g/mol. The van der Waals surface area contributed by atoms with Gasteiger partial charge in [-0.05, 0) is 12.1 Å². The second kappa shape index (κ2) is 4.30.